The fraction of sp³-hybridized carbons (Fsp3) is 0.869. The highest BCUT2D eigenvalue weighted by molar-refractivity contribution is 5.82. The van der Waals surface area contributed by atoms with Crippen molar-refractivity contribution in [2.45, 2.75) is 309 Å². The highest BCUT2D eigenvalue weighted by Gasteiger charge is 2.42. The van der Waals surface area contributed by atoms with Crippen molar-refractivity contribution in [3.8, 4) is 0 Å². The number of esters is 1. The molecular weight excluding hydrogens is 891 g/mol. The maximum absolute atomic E-state index is 13.7. The molecule has 0 aromatic heterocycles. The van der Waals surface area contributed by atoms with Gasteiger partial charge in [-0.3, -0.25) is 9.59 Å². The molecule has 0 aromatic carbocycles. The summed E-state index contributed by atoms with van der Waals surface area (Å²) in [5, 5.41) is 21.0. The van der Waals surface area contributed by atoms with Crippen molar-refractivity contribution < 1.29 is 43.6 Å². The highest BCUT2D eigenvalue weighted by atomic mass is 16.7. The largest absolute Gasteiger partial charge is 0.508 e. The first-order chi connectivity index (χ1) is 34.5. The van der Waals surface area contributed by atoms with Gasteiger partial charge in [-0.25, -0.2) is 9.59 Å². The van der Waals surface area contributed by atoms with Crippen molar-refractivity contribution in [1.82, 2.24) is 4.90 Å². The molecule has 2 N–H and O–H groups in total. The summed E-state index contributed by atoms with van der Waals surface area (Å²) in [4.78, 5) is 54.1. The van der Waals surface area contributed by atoms with E-state index in [-0.39, 0.29) is 32.3 Å². The Hall–Kier alpha value is -2.88. The lowest BCUT2D eigenvalue weighted by molar-refractivity contribution is -0.181. The van der Waals surface area contributed by atoms with Gasteiger partial charge in [0.15, 0.2) is 0 Å². The van der Waals surface area contributed by atoms with Crippen LogP contribution in [-0.2, 0) is 28.6 Å². The molecule has 0 spiro atoms. The van der Waals surface area contributed by atoms with Crippen molar-refractivity contribution in [3.05, 3.63) is 24.3 Å². The summed E-state index contributed by atoms with van der Waals surface area (Å²) in [6.45, 7) is 7.73. The predicted octanol–water partition coefficient (Wildman–Crippen LogP) is 18.1. The van der Waals surface area contributed by atoms with E-state index in [1.54, 1.807) is 0 Å². The van der Waals surface area contributed by atoms with E-state index in [1.165, 1.54) is 122 Å². The van der Waals surface area contributed by atoms with Crippen molar-refractivity contribution in [2.24, 2.45) is 5.92 Å². The Morgan fingerprint density at radius 3 is 1.31 bits per heavy atom. The van der Waals surface area contributed by atoms with E-state index in [4.69, 9.17) is 14.2 Å². The van der Waals surface area contributed by atoms with Crippen LogP contribution in [0, 0.1) is 5.92 Å². The molecule has 10 heteroatoms. The summed E-state index contributed by atoms with van der Waals surface area (Å²) in [6, 6.07) is 0. The molecule has 0 aromatic rings. The Morgan fingerprint density at radius 1 is 0.479 bits per heavy atom. The van der Waals surface area contributed by atoms with E-state index in [9.17, 15) is 29.4 Å². The molecule has 3 atom stereocenters. The van der Waals surface area contributed by atoms with Gasteiger partial charge in [0.2, 0.25) is 5.60 Å². The standard InChI is InChI=1S/C61H113NO9/c1-6-9-12-15-18-21-24-26-28-30-32-35-38-41-46-55(58(64)65)47-44-52-61(59(66)67,51-43-40-37-34-31-29-27-25-22-19-16-13-10-7-2)71-57(63)50-49-56(70-60(68)69-54-45-53-62(4)5)48-42-39-36-33-23-20-17-14-11-8-3/h26-29,55-56H,6-25,30-54H2,1-5H3,(H,64,65)(H,66,67)/b28-26-,29-27-. The molecule has 0 fully saturated rings. The molecule has 0 heterocycles. The van der Waals surface area contributed by atoms with Crippen molar-refractivity contribution >= 4 is 24.1 Å². The molecule has 0 rings (SSSR count). The molecule has 71 heavy (non-hydrogen) atoms. The van der Waals surface area contributed by atoms with Crippen LogP contribution in [0.1, 0.15) is 297 Å². The maximum atomic E-state index is 13.7. The molecule has 0 saturated carbocycles. The molecule has 0 amide bonds. The molecule has 0 aliphatic carbocycles. The third-order valence-corrected chi connectivity index (χ3v) is 14.1. The zero-order valence-electron chi connectivity index (χ0n) is 47.0. The van der Waals surface area contributed by atoms with Crippen LogP contribution in [0.5, 0.6) is 0 Å². The van der Waals surface area contributed by atoms with E-state index in [2.05, 4.69) is 45.1 Å². The zero-order chi connectivity index (χ0) is 52.3. The number of allylic oxidation sites excluding steroid dienone is 4. The van der Waals surface area contributed by atoms with Crippen LogP contribution in [0.15, 0.2) is 24.3 Å². The number of carbonyl (C=O) groups is 4. The summed E-state index contributed by atoms with van der Waals surface area (Å²) in [6.07, 6.45) is 49.7. The van der Waals surface area contributed by atoms with Crippen LogP contribution in [0.3, 0.4) is 0 Å². The maximum Gasteiger partial charge on any atom is 0.508 e. The van der Waals surface area contributed by atoms with Crippen LogP contribution in [0.4, 0.5) is 4.79 Å². The predicted molar refractivity (Wildman–Crippen MR) is 296 cm³/mol. The van der Waals surface area contributed by atoms with Gasteiger partial charge in [0.25, 0.3) is 0 Å². The van der Waals surface area contributed by atoms with Crippen LogP contribution in [-0.4, -0.2) is 78.1 Å². The van der Waals surface area contributed by atoms with Crippen molar-refractivity contribution in [1.29, 1.82) is 0 Å². The molecule has 10 nitrogen and oxygen atoms in total. The molecule has 0 aliphatic heterocycles. The van der Waals surface area contributed by atoms with Crippen LogP contribution in [0.2, 0.25) is 0 Å². The monoisotopic (exact) mass is 1000 g/mol. The summed E-state index contributed by atoms with van der Waals surface area (Å²) >= 11 is 0. The summed E-state index contributed by atoms with van der Waals surface area (Å²) in [5.74, 6) is -3.25. The Morgan fingerprint density at radius 2 is 0.873 bits per heavy atom. The quantitative estimate of drug-likeness (QED) is 0.0344. The highest BCUT2D eigenvalue weighted by Crippen LogP contribution is 2.31. The number of carboxylic acids is 2. The van der Waals surface area contributed by atoms with Gasteiger partial charge in [0, 0.05) is 13.0 Å². The number of carboxylic acid groups (broad SMARTS) is 2. The van der Waals surface area contributed by atoms with E-state index < -0.39 is 41.7 Å². The third kappa shape index (κ3) is 44.3. The number of hydrogen-bond donors (Lipinski definition) is 2. The topological polar surface area (TPSA) is 140 Å². The van der Waals surface area contributed by atoms with E-state index in [1.807, 2.05) is 19.0 Å². The Labute approximate surface area is 437 Å². The number of nitrogens with zero attached hydrogens (tertiary/aromatic N) is 1. The Bertz CT molecular complexity index is 1300. The number of rotatable bonds is 54. The molecule has 416 valence electrons. The van der Waals surface area contributed by atoms with Gasteiger partial charge < -0.3 is 29.3 Å². The second kappa shape index (κ2) is 50.6. The molecule has 0 radical (unpaired) electrons. The molecule has 0 aliphatic rings. The second-order valence-electron chi connectivity index (χ2n) is 21.2. The third-order valence-electron chi connectivity index (χ3n) is 14.1. The van der Waals surface area contributed by atoms with Gasteiger partial charge in [0.1, 0.15) is 6.10 Å². The second-order valence-corrected chi connectivity index (χ2v) is 21.2. The van der Waals surface area contributed by atoms with Crippen molar-refractivity contribution in [3.63, 3.8) is 0 Å². The summed E-state index contributed by atoms with van der Waals surface area (Å²) < 4.78 is 17.2. The first-order valence-corrected chi connectivity index (χ1v) is 30.0. The smallest absolute Gasteiger partial charge is 0.481 e. The minimum Gasteiger partial charge on any atom is -0.481 e. The first kappa shape index (κ1) is 68.1. The molecule has 0 saturated heterocycles. The average Bonchev–Trinajstić information content (AvgIpc) is 3.34. The minimum atomic E-state index is -1.75. The molecule has 0 bridgehead atoms. The Kier molecular flexibility index (Phi) is 48.6. The summed E-state index contributed by atoms with van der Waals surface area (Å²) in [7, 11) is 3.92. The lowest BCUT2D eigenvalue weighted by Crippen LogP contribution is -2.43. The van der Waals surface area contributed by atoms with Gasteiger partial charge in [0.05, 0.1) is 12.5 Å². The normalized spacial score (nSPS) is 13.5. The van der Waals surface area contributed by atoms with Gasteiger partial charge in [-0.15, -0.1) is 0 Å². The number of unbranched alkanes of at least 4 members (excludes halogenated alkanes) is 29. The summed E-state index contributed by atoms with van der Waals surface area (Å²) in [5.41, 5.74) is -1.75. The van der Waals surface area contributed by atoms with Gasteiger partial charge in [-0.2, -0.15) is 0 Å². The van der Waals surface area contributed by atoms with Gasteiger partial charge in [-0.05, 0) is 130 Å². The average molecular weight is 1000 g/mol. The molecule has 3 unspecified atom stereocenters. The fourth-order valence-electron chi connectivity index (χ4n) is 9.47. The zero-order valence-corrected chi connectivity index (χ0v) is 47.0. The fourth-order valence-corrected chi connectivity index (χ4v) is 9.47. The minimum absolute atomic E-state index is 0.0575. The number of carbonyl (C=O) groups excluding carboxylic acids is 2. The number of hydrogen-bond acceptors (Lipinski definition) is 8. The number of ether oxygens (including phenoxy) is 3. The van der Waals surface area contributed by atoms with Crippen LogP contribution in [0.25, 0.3) is 0 Å². The van der Waals surface area contributed by atoms with Crippen molar-refractivity contribution in [2.75, 3.05) is 27.2 Å². The van der Waals surface area contributed by atoms with Gasteiger partial charge >= 0.3 is 24.1 Å². The van der Waals surface area contributed by atoms with Gasteiger partial charge in [-0.1, -0.05) is 199 Å². The lowest BCUT2D eigenvalue weighted by atomic mass is 9.87. The van der Waals surface area contributed by atoms with Crippen LogP contribution >= 0.6 is 0 Å². The van der Waals surface area contributed by atoms with Crippen LogP contribution < -0.4 is 0 Å². The SMILES string of the molecule is CCCCCCCC/C=C\CCCCCCC(CCCC(CCCCCC/C=C\CCCCCCCC)(OC(=O)CCC(CCCCCCCCCCCC)OC(=O)OCCCN(C)C)C(=O)O)C(=O)O. The lowest BCUT2D eigenvalue weighted by Gasteiger charge is -2.30. The Balaban J connectivity index is 5.52. The molecular formula is C61H113NO9. The number of aliphatic carboxylic acids is 2. The van der Waals surface area contributed by atoms with E-state index in [0.717, 1.165) is 96.4 Å². The first-order valence-electron chi connectivity index (χ1n) is 30.0. The van der Waals surface area contributed by atoms with E-state index in [0.29, 0.717) is 38.5 Å². The van der Waals surface area contributed by atoms with E-state index >= 15 is 0 Å².